The van der Waals surface area contributed by atoms with E-state index in [2.05, 4.69) is 0 Å². The van der Waals surface area contributed by atoms with Crippen LogP contribution in [-0.4, -0.2) is 8.42 Å². The van der Waals surface area contributed by atoms with E-state index in [-0.39, 0.29) is 10.8 Å². The Morgan fingerprint density at radius 2 is 2.07 bits per heavy atom. The van der Waals surface area contributed by atoms with Crippen LogP contribution in [0, 0.1) is 5.82 Å². The second-order valence-corrected chi connectivity index (χ2v) is 6.00. The molecule has 1 aromatic carbocycles. The van der Waals surface area contributed by atoms with E-state index in [1.807, 2.05) is 13.8 Å². The Bertz CT molecular complexity index is 456. The molecule has 84 valence electrons. The SMILES string of the molecule is CCC(C)c1cc(S(=O)(=O)Cl)ccc1F. The molecule has 5 heteroatoms. The number of hydrogen-bond donors (Lipinski definition) is 0. The van der Waals surface area contributed by atoms with E-state index in [0.717, 1.165) is 12.5 Å². The van der Waals surface area contributed by atoms with Gasteiger partial charge in [-0.15, -0.1) is 0 Å². The Labute approximate surface area is 93.5 Å². The minimum Gasteiger partial charge on any atom is -0.207 e. The highest BCUT2D eigenvalue weighted by molar-refractivity contribution is 8.13. The summed E-state index contributed by atoms with van der Waals surface area (Å²) in [6, 6.07) is 3.60. The van der Waals surface area contributed by atoms with Crippen LogP contribution in [0.3, 0.4) is 0 Å². The normalized spacial score (nSPS) is 13.9. The molecule has 0 aromatic heterocycles. The van der Waals surface area contributed by atoms with Crippen molar-refractivity contribution in [1.82, 2.24) is 0 Å². The Kier molecular flexibility index (Phi) is 3.73. The highest BCUT2D eigenvalue weighted by atomic mass is 35.7. The van der Waals surface area contributed by atoms with E-state index in [9.17, 15) is 12.8 Å². The molecule has 1 aromatic rings. The third kappa shape index (κ3) is 2.92. The predicted octanol–water partition coefficient (Wildman–Crippen LogP) is 3.27. The molecule has 0 N–H and O–H groups in total. The monoisotopic (exact) mass is 250 g/mol. The molecule has 1 atom stereocenters. The molecule has 0 aliphatic heterocycles. The van der Waals surface area contributed by atoms with Gasteiger partial charge < -0.3 is 0 Å². The maximum Gasteiger partial charge on any atom is 0.261 e. The van der Waals surface area contributed by atoms with Crippen molar-refractivity contribution in [2.24, 2.45) is 0 Å². The molecule has 2 nitrogen and oxygen atoms in total. The number of benzene rings is 1. The van der Waals surface area contributed by atoms with Crippen molar-refractivity contribution in [1.29, 1.82) is 0 Å². The Morgan fingerprint density at radius 3 is 2.53 bits per heavy atom. The van der Waals surface area contributed by atoms with Gasteiger partial charge in [0, 0.05) is 10.7 Å². The molecule has 0 heterocycles. The van der Waals surface area contributed by atoms with E-state index in [0.29, 0.717) is 5.56 Å². The third-order valence-electron chi connectivity index (χ3n) is 2.39. The highest BCUT2D eigenvalue weighted by Gasteiger charge is 2.15. The molecular weight excluding hydrogens is 239 g/mol. The maximum atomic E-state index is 13.4. The average molecular weight is 251 g/mol. The fourth-order valence-corrected chi connectivity index (χ4v) is 2.06. The molecule has 0 fully saturated rings. The second-order valence-electron chi connectivity index (χ2n) is 3.43. The van der Waals surface area contributed by atoms with Crippen LogP contribution in [0.4, 0.5) is 4.39 Å². The average Bonchev–Trinajstić information content (AvgIpc) is 2.15. The molecule has 0 saturated heterocycles. The maximum absolute atomic E-state index is 13.4. The summed E-state index contributed by atoms with van der Waals surface area (Å²) in [6.07, 6.45) is 0.739. The molecule has 0 aliphatic carbocycles. The summed E-state index contributed by atoms with van der Waals surface area (Å²) in [4.78, 5) is -0.0548. The summed E-state index contributed by atoms with van der Waals surface area (Å²) in [7, 11) is 1.40. The van der Waals surface area contributed by atoms with E-state index in [4.69, 9.17) is 10.7 Å². The topological polar surface area (TPSA) is 34.1 Å². The van der Waals surface area contributed by atoms with Crippen molar-refractivity contribution in [3.8, 4) is 0 Å². The van der Waals surface area contributed by atoms with Crippen molar-refractivity contribution >= 4 is 19.7 Å². The minimum atomic E-state index is -3.78. The van der Waals surface area contributed by atoms with E-state index < -0.39 is 14.9 Å². The van der Waals surface area contributed by atoms with Gasteiger partial charge in [-0.1, -0.05) is 13.8 Å². The standard InChI is InChI=1S/C10H12ClFO2S/c1-3-7(2)9-6-8(15(11,13)14)4-5-10(9)12/h4-7H,3H2,1-2H3. The first-order chi connectivity index (χ1) is 6.86. The highest BCUT2D eigenvalue weighted by Crippen LogP contribution is 2.26. The van der Waals surface area contributed by atoms with Crippen molar-refractivity contribution in [2.45, 2.75) is 31.1 Å². The summed E-state index contributed by atoms with van der Waals surface area (Å²) in [5, 5.41) is 0. The molecule has 1 rings (SSSR count). The molecule has 0 radical (unpaired) electrons. The van der Waals surface area contributed by atoms with E-state index in [1.54, 1.807) is 0 Å². The van der Waals surface area contributed by atoms with Gasteiger partial charge in [-0.3, -0.25) is 0 Å². The van der Waals surface area contributed by atoms with Gasteiger partial charge in [-0.25, -0.2) is 12.8 Å². The summed E-state index contributed by atoms with van der Waals surface area (Å²) in [5.74, 6) is -0.420. The number of halogens is 2. The first-order valence-corrected chi connectivity index (χ1v) is 6.91. The van der Waals surface area contributed by atoms with Crippen molar-refractivity contribution in [2.75, 3.05) is 0 Å². The zero-order valence-corrected chi connectivity index (χ0v) is 10.1. The van der Waals surface area contributed by atoms with Gasteiger partial charge in [-0.05, 0) is 36.1 Å². The largest absolute Gasteiger partial charge is 0.261 e. The lowest BCUT2D eigenvalue weighted by Gasteiger charge is -2.10. The molecule has 1 unspecified atom stereocenters. The van der Waals surface area contributed by atoms with Gasteiger partial charge >= 0.3 is 0 Å². The number of rotatable bonds is 3. The first kappa shape index (κ1) is 12.5. The summed E-state index contributed by atoms with van der Waals surface area (Å²) >= 11 is 0. The zero-order valence-electron chi connectivity index (χ0n) is 8.50. The van der Waals surface area contributed by atoms with Gasteiger partial charge in [0.15, 0.2) is 0 Å². The molecule has 0 saturated carbocycles. The molecule has 0 aliphatic rings. The predicted molar refractivity (Wildman–Crippen MR) is 58.1 cm³/mol. The molecule has 0 bridgehead atoms. The smallest absolute Gasteiger partial charge is 0.207 e. The Balaban J connectivity index is 3.29. The van der Waals surface area contributed by atoms with E-state index >= 15 is 0 Å². The lowest BCUT2D eigenvalue weighted by atomic mass is 9.98. The van der Waals surface area contributed by atoms with Crippen LogP contribution in [0.1, 0.15) is 31.7 Å². The van der Waals surface area contributed by atoms with Crippen molar-refractivity contribution in [3.63, 3.8) is 0 Å². The van der Waals surface area contributed by atoms with Gasteiger partial charge in [0.1, 0.15) is 5.82 Å². The molecule has 15 heavy (non-hydrogen) atoms. The zero-order chi connectivity index (χ0) is 11.6. The van der Waals surface area contributed by atoms with Gasteiger partial charge in [0.2, 0.25) is 0 Å². The summed E-state index contributed by atoms with van der Waals surface area (Å²) in [5.41, 5.74) is 0.388. The van der Waals surface area contributed by atoms with Crippen molar-refractivity contribution in [3.05, 3.63) is 29.6 Å². The molecule has 0 spiro atoms. The number of hydrogen-bond acceptors (Lipinski definition) is 2. The minimum absolute atomic E-state index is 0.0247. The quantitative estimate of drug-likeness (QED) is 0.772. The Morgan fingerprint density at radius 1 is 1.47 bits per heavy atom. The third-order valence-corrected chi connectivity index (χ3v) is 3.74. The Hall–Kier alpha value is -0.610. The van der Waals surface area contributed by atoms with Crippen LogP contribution in [0.5, 0.6) is 0 Å². The lowest BCUT2D eigenvalue weighted by molar-refractivity contribution is 0.579. The van der Waals surface area contributed by atoms with Crippen LogP contribution in [0.2, 0.25) is 0 Å². The van der Waals surface area contributed by atoms with E-state index in [1.165, 1.54) is 12.1 Å². The first-order valence-electron chi connectivity index (χ1n) is 4.60. The van der Waals surface area contributed by atoms with Crippen LogP contribution in [0.25, 0.3) is 0 Å². The van der Waals surface area contributed by atoms with Crippen LogP contribution in [-0.2, 0) is 9.05 Å². The molecule has 0 amide bonds. The van der Waals surface area contributed by atoms with Crippen LogP contribution < -0.4 is 0 Å². The van der Waals surface area contributed by atoms with Crippen LogP contribution >= 0.6 is 10.7 Å². The lowest BCUT2D eigenvalue weighted by Crippen LogP contribution is -1.99. The van der Waals surface area contributed by atoms with Gasteiger partial charge in [0.25, 0.3) is 9.05 Å². The van der Waals surface area contributed by atoms with Gasteiger partial charge in [0.05, 0.1) is 4.90 Å². The summed E-state index contributed by atoms with van der Waals surface area (Å²) < 4.78 is 35.5. The van der Waals surface area contributed by atoms with Crippen LogP contribution in [0.15, 0.2) is 23.1 Å². The molecular formula is C10H12ClFO2S. The van der Waals surface area contributed by atoms with Gasteiger partial charge in [-0.2, -0.15) is 0 Å². The second kappa shape index (κ2) is 4.49. The fraction of sp³-hybridized carbons (Fsp3) is 0.400. The fourth-order valence-electron chi connectivity index (χ4n) is 1.27. The summed E-state index contributed by atoms with van der Waals surface area (Å²) in [6.45, 7) is 3.75. The van der Waals surface area contributed by atoms with Crippen molar-refractivity contribution < 1.29 is 12.8 Å².